The van der Waals surface area contributed by atoms with Gasteiger partial charge in [0.1, 0.15) is 12.4 Å². The molecule has 1 aromatic rings. The third-order valence-corrected chi connectivity index (χ3v) is 3.27. The number of fused-ring (bicyclic) bond motifs is 1. The van der Waals surface area contributed by atoms with E-state index in [2.05, 4.69) is 24.1 Å². The van der Waals surface area contributed by atoms with E-state index in [1.807, 2.05) is 18.2 Å². The quantitative estimate of drug-likeness (QED) is 0.836. The van der Waals surface area contributed by atoms with Crippen LogP contribution in [-0.4, -0.2) is 37.0 Å². The van der Waals surface area contributed by atoms with Gasteiger partial charge in [-0.15, -0.1) is 0 Å². The van der Waals surface area contributed by atoms with Gasteiger partial charge in [-0.1, -0.05) is 13.8 Å². The molecular weight excluding hydrogens is 228 g/mol. The van der Waals surface area contributed by atoms with Crippen molar-refractivity contribution in [2.75, 3.05) is 31.6 Å². The van der Waals surface area contributed by atoms with Crippen molar-refractivity contribution < 1.29 is 9.53 Å². The SMILES string of the molecule is CCN(CC)CCOc1ccc2c(c1)CC(=O)N2. The molecule has 1 N–H and O–H groups in total. The predicted octanol–water partition coefficient (Wildman–Crippen LogP) is 1.90. The Kier molecular flexibility index (Phi) is 4.20. The van der Waals surface area contributed by atoms with Crippen molar-refractivity contribution in [3.8, 4) is 5.75 Å². The lowest BCUT2D eigenvalue weighted by atomic mass is 10.1. The van der Waals surface area contributed by atoms with Gasteiger partial charge in [-0.25, -0.2) is 0 Å². The maximum Gasteiger partial charge on any atom is 0.228 e. The highest BCUT2D eigenvalue weighted by Gasteiger charge is 2.17. The largest absolute Gasteiger partial charge is 0.492 e. The summed E-state index contributed by atoms with van der Waals surface area (Å²) in [7, 11) is 0. The van der Waals surface area contributed by atoms with Gasteiger partial charge in [0, 0.05) is 12.2 Å². The topological polar surface area (TPSA) is 41.6 Å². The van der Waals surface area contributed by atoms with Crippen LogP contribution in [0.25, 0.3) is 0 Å². The Labute approximate surface area is 108 Å². The summed E-state index contributed by atoms with van der Waals surface area (Å²) in [6.45, 7) is 8.00. The summed E-state index contributed by atoms with van der Waals surface area (Å²) in [6, 6.07) is 5.77. The van der Waals surface area contributed by atoms with Crippen LogP contribution in [-0.2, 0) is 11.2 Å². The third-order valence-electron chi connectivity index (χ3n) is 3.27. The second kappa shape index (κ2) is 5.87. The van der Waals surface area contributed by atoms with Gasteiger partial charge in [-0.05, 0) is 36.9 Å². The number of rotatable bonds is 6. The molecular formula is C14H20N2O2. The van der Waals surface area contributed by atoms with Crippen molar-refractivity contribution in [1.29, 1.82) is 0 Å². The molecule has 0 atom stereocenters. The summed E-state index contributed by atoms with van der Waals surface area (Å²) in [4.78, 5) is 13.6. The molecule has 0 saturated heterocycles. The van der Waals surface area contributed by atoms with Gasteiger partial charge in [0.05, 0.1) is 6.42 Å². The second-order valence-corrected chi connectivity index (χ2v) is 4.42. The van der Waals surface area contributed by atoms with Crippen LogP contribution < -0.4 is 10.1 Å². The molecule has 0 saturated carbocycles. The van der Waals surface area contributed by atoms with E-state index in [4.69, 9.17) is 4.74 Å². The Hall–Kier alpha value is -1.55. The number of carbonyl (C=O) groups excluding carboxylic acids is 1. The lowest BCUT2D eigenvalue weighted by Crippen LogP contribution is -2.27. The van der Waals surface area contributed by atoms with Crippen LogP contribution in [0.4, 0.5) is 5.69 Å². The van der Waals surface area contributed by atoms with E-state index < -0.39 is 0 Å². The normalized spacial score (nSPS) is 13.6. The van der Waals surface area contributed by atoms with Crippen LogP contribution in [0.15, 0.2) is 18.2 Å². The molecule has 4 heteroatoms. The van der Waals surface area contributed by atoms with Gasteiger partial charge >= 0.3 is 0 Å². The van der Waals surface area contributed by atoms with Crippen molar-refractivity contribution in [3.05, 3.63) is 23.8 Å². The van der Waals surface area contributed by atoms with Gasteiger partial charge in [0.2, 0.25) is 5.91 Å². The number of nitrogens with one attached hydrogen (secondary N) is 1. The maximum atomic E-state index is 11.2. The molecule has 1 aliphatic heterocycles. The van der Waals surface area contributed by atoms with Crippen molar-refractivity contribution in [1.82, 2.24) is 4.90 Å². The summed E-state index contributed by atoms with van der Waals surface area (Å²) in [5.74, 6) is 0.905. The van der Waals surface area contributed by atoms with Crippen LogP contribution in [0.5, 0.6) is 5.75 Å². The molecule has 0 aromatic heterocycles. The van der Waals surface area contributed by atoms with Crippen molar-refractivity contribution in [2.45, 2.75) is 20.3 Å². The summed E-state index contributed by atoms with van der Waals surface area (Å²) in [5, 5.41) is 2.81. The van der Waals surface area contributed by atoms with Gasteiger partial charge in [0.25, 0.3) is 0 Å². The number of anilines is 1. The van der Waals surface area contributed by atoms with Gasteiger partial charge in [0.15, 0.2) is 0 Å². The highest BCUT2D eigenvalue weighted by Crippen LogP contribution is 2.26. The molecule has 0 bridgehead atoms. The fraction of sp³-hybridized carbons (Fsp3) is 0.500. The highest BCUT2D eigenvalue weighted by molar-refractivity contribution is 5.99. The Morgan fingerprint density at radius 1 is 1.33 bits per heavy atom. The fourth-order valence-corrected chi connectivity index (χ4v) is 2.13. The van der Waals surface area contributed by atoms with E-state index in [0.717, 1.165) is 36.6 Å². The minimum atomic E-state index is 0.0605. The van der Waals surface area contributed by atoms with Gasteiger partial charge in [-0.2, -0.15) is 0 Å². The van der Waals surface area contributed by atoms with Crippen LogP contribution in [0, 0.1) is 0 Å². The zero-order valence-corrected chi connectivity index (χ0v) is 11.0. The Morgan fingerprint density at radius 2 is 2.11 bits per heavy atom. The van der Waals surface area contributed by atoms with Crippen LogP contribution in [0.2, 0.25) is 0 Å². The van der Waals surface area contributed by atoms with Crippen molar-refractivity contribution >= 4 is 11.6 Å². The van der Waals surface area contributed by atoms with Crippen LogP contribution in [0.3, 0.4) is 0 Å². The molecule has 0 unspecified atom stereocenters. The average molecular weight is 248 g/mol. The zero-order chi connectivity index (χ0) is 13.0. The molecule has 0 fully saturated rings. The molecule has 0 spiro atoms. The fourth-order valence-electron chi connectivity index (χ4n) is 2.13. The predicted molar refractivity (Wildman–Crippen MR) is 72.1 cm³/mol. The number of hydrogen-bond acceptors (Lipinski definition) is 3. The number of ether oxygens (including phenoxy) is 1. The first-order valence-corrected chi connectivity index (χ1v) is 6.50. The van der Waals surface area contributed by atoms with E-state index in [0.29, 0.717) is 13.0 Å². The molecule has 4 nitrogen and oxygen atoms in total. The summed E-state index contributed by atoms with van der Waals surface area (Å²) in [5.41, 5.74) is 1.94. The number of benzene rings is 1. The molecule has 1 amide bonds. The average Bonchev–Trinajstić information content (AvgIpc) is 2.74. The van der Waals surface area contributed by atoms with Crippen LogP contribution >= 0.6 is 0 Å². The Morgan fingerprint density at radius 3 is 2.83 bits per heavy atom. The summed E-state index contributed by atoms with van der Waals surface area (Å²) < 4.78 is 5.72. The number of likely N-dealkylation sites (N-methyl/N-ethyl adjacent to an activating group) is 1. The molecule has 98 valence electrons. The number of amides is 1. The van der Waals surface area contributed by atoms with Gasteiger partial charge in [-0.3, -0.25) is 4.79 Å². The van der Waals surface area contributed by atoms with E-state index in [9.17, 15) is 4.79 Å². The lowest BCUT2D eigenvalue weighted by Gasteiger charge is -2.18. The third kappa shape index (κ3) is 3.01. The molecule has 1 aromatic carbocycles. The van der Waals surface area contributed by atoms with E-state index >= 15 is 0 Å². The number of hydrogen-bond donors (Lipinski definition) is 1. The second-order valence-electron chi connectivity index (χ2n) is 4.42. The minimum absolute atomic E-state index is 0.0605. The first-order valence-electron chi connectivity index (χ1n) is 6.50. The first-order chi connectivity index (χ1) is 8.72. The van der Waals surface area contributed by atoms with Crippen LogP contribution in [0.1, 0.15) is 19.4 Å². The molecule has 2 rings (SSSR count). The monoisotopic (exact) mass is 248 g/mol. The van der Waals surface area contributed by atoms with E-state index in [-0.39, 0.29) is 5.91 Å². The first kappa shape index (κ1) is 12.9. The van der Waals surface area contributed by atoms with Gasteiger partial charge < -0.3 is 15.0 Å². The number of carbonyl (C=O) groups is 1. The molecule has 0 radical (unpaired) electrons. The molecule has 1 aliphatic rings. The van der Waals surface area contributed by atoms with Crippen molar-refractivity contribution in [2.24, 2.45) is 0 Å². The Balaban J connectivity index is 1.87. The summed E-state index contributed by atoms with van der Waals surface area (Å²) >= 11 is 0. The standard InChI is InChI=1S/C14H20N2O2/c1-3-16(4-2)7-8-18-12-5-6-13-11(9-12)10-14(17)15-13/h5-6,9H,3-4,7-8,10H2,1-2H3,(H,15,17). The van der Waals surface area contributed by atoms with E-state index in [1.165, 1.54) is 0 Å². The molecule has 0 aliphatic carbocycles. The smallest absolute Gasteiger partial charge is 0.228 e. The van der Waals surface area contributed by atoms with Crippen molar-refractivity contribution in [3.63, 3.8) is 0 Å². The summed E-state index contributed by atoms with van der Waals surface area (Å²) in [6.07, 6.45) is 0.461. The zero-order valence-electron chi connectivity index (χ0n) is 11.0. The van der Waals surface area contributed by atoms with E-state index in [1.54, 1.807) is 0 Å². The molecule has 1 heterocycles. The maximum absolute atomic E-state index is 11.2. The molecule has 18 heavy (non-hydrogen) atoms. The Bertz CT molecular complexity index is 428. The highest BCUT2D eigenvalue weighted by atomic mass is 16.5. The number of nitrogens with zero attached hydrogens (tertiary/aromatic N) is 1. The lowest BCUT2D eigenvalue weighted by molar-refractivity contribution is -0.115. The minimum Gasteiger partial charge on any atom is -0.492 e.